The molecule has 0 aromatic rings. The number of ether oxygens (including phenoxy) is 3. The summed E-state index contributed by atoms with van der Waals surface area (Å²) < 4.78 is 14.6. The van der Waals surface area contributed by atoms with Gasteiger partial charge in [0.1, 0.15) is 6.79 Å². The van der Waals surface area contributed by atoms with Crippen LogP contribution in [0, 0.1) is 5.92 Å². The summed E-state index contributed by atoms with van der Waals surface area (Å²) in [6.45, 7) is 5.77. The van der Waals surface area contributed by atoms with Gasteiger partial charge in [-0.2, -0.15) is 0 Å². The molecule has 0 spiro atoms. The summed E-state index contributed by atoms with van der Waals surface area (Å²) in [5, 5.41) is 0. The Morgan fingerprint density at radius 1 is 1.47 bits per heavy atom. The van der Waals surface area contributed by atoms with Gasteiger partial charge in [-0.1, -0.05) is 19.1 Å². The number of hydrogen-bond donors (Lipinski definition) is 0. The highest BCUT2D eigenvalue weighted by Crippen LogP contribution is 2.10. The molecule has 0 unspecified atom stereocenters. The third kappa shape index (κ3) is 6.04. The zero-order chi connectivity index (χ0) is 11.7. The maximum atomic E-state index is 10.8. The van der Waals surface area contributed by atoms with Crippen LogP contribution < -0.4 is 0 Å². The topological polar surface area (TPSA) is 44.8 Å². The fraction of sp³-hybridized carbons (Fsp3) is 0.545. The molecule has 0 aliphatic heterocycles. The first kappa shape index (κ1) is 13.9. The van der Waals surface area contributed by atoms with Crippen LogP contribution in [0.2, 0.25) is 0 Å². The Balaban J connectivity index is 4.13. The molecule has 0 aromatic carbocycles. The Bertz CT molecular complexity index is 223. The monoisotopic (exact) mass is 214 g/mol. The lowest BCUT2D eigenvalue weighted by atomic mass is 10.0. The molecule has 0 amide bonds. The largest absolute Gasteiger partial charge is 0.466 e. The molecule has 0 fully saturated rings. The van der Waals surface area contributed by atoms with Gasteiger partial charge in [0.05, 0.1) is 13.2 Å². The lowest BCUT2D eigenvalue weighted by molar-refractivity contribution is -0.134. The van der Waals surface area contributed by atoms with Gasteiger partial charge in [-0.15, -0.1) is 6.58 Å². The van der Waals surface area contributed by atoms with Crippen LogP contribution in [0.25, 0.3) is 0 Å². The Hall–Kier alpha value is -1.13. The molecule has 0 rings (SSSR count). The first-order chi connectivity index (χ1) is 7.15. The van der Waals surface area contributed by atoms with Crippen molar-refractivity contribution in [3.05, 3.63) is 24.8 Å². The normalized spacial score (nSPS) is 14.9. The molecular weight excluding hydrogens is 196 g/mol. The van der Waals surface area contributed by atoms with Crippen LogP contribution in [0.1, 0.15) is 6.92 Å². The predicted molar refractivity (Wildman–Crippen MR) is 57.3 cm³/mol. The highest BCUT2D eigenvalue weighted by molar-refractivity contribution is 5.81. The minimum atomic E-state index is -0.378. The van der Waals surface area contributed by atoms with Gasteiger partial charge in [0.15, 0.2) is 0 Å². The van der Waals surface area contributed by atoms with Crippen molar-refractivity contribution >= 4 is 5.97 Å². The lowest BCUT2D eigenvalue weighted by Crippen LogP contribution is -2.19. The molecule has 0 bridgehead atoms. The second kappa shape index (κ2) is 8.20. The summed E-state index contributed by atoms with van der Waals surface area (Å²) in [7, 11) is 2.89. The summed E-state index contributed by atoms with van der Waals surface area (Å²) in [6.07, 6.45) is 4.59. The van der Waals surface area contributed by atoms with Crippen molar-refractivity contribution in [3.63, 3.8) is 0 Å². The van der Waals surface area contributed by atoms with Gasteiger partial charge in [0.2, 0.25) is 0 Å². The molecule has 0 radical (unpaired) electrons. The quantitative estimate of drug-likeness (QED) is 0.279. The predicted octanol–water partition coefficient (Wildman–Crippen LogP) is 1.53. The maximum absolute atomic E-state index is 10.8. The van der Waals surface area contributed by atoms with Crippen LogP contribution in [0.15, 0.2) is 24.8 Å². The molecule has 86 valence electrons. The second-order valence-corrected chi connectivity index (χ2v) is 3.01. The second-order valence-electron chi connectivity index (χ2n) is 3.01. The molecule has 0 aromatic heterocycles. The summed E-state index contributed by atoms with van der Waals surface area (Å²) in [6, 6.07) is 0. The molecule has 2 atom stereocenters. The fourth-order valence-electron chi connectivity index (χ4n) is 0.989. The Morgan fingerprint density at radius 2 is 2.13 bits per heavy atom. The van der Waals surface area contributed by atoms with E-state index in [4.69, 9.17) is 9.47 Å². The van der Waals surface area contributed by atoms with Crippen molar-refractivity contribution in [3.8, 4) is 0 Å². The van der Waals surface area contributed by atoms with E-state index in [-0.39, 0.29) is 24.8 Å². The van der Waals surface area contributed by atoms with Crippen molar-refractivity contribution in [2.75, 3.05) is 21.0 Å². The van der Waals surface area contributed by atoms with E-state index in [9.17, 15) is 4.79 Å². The molecule has 0 saturated heterocycles. The van der Waals surface area contributed by atoms with E-state index in [0.717, 1.165) is 0 Å². The van der Waals surface area contributed by atoms with Crippen molar-refractivity contribution in [2.45, 2.75) is 13.0 Å². The van der Waals surface area contributed by atoms with Crippen LogP contribution in [0.3, 0.4) is 0 Å². The SMILES string of the molecule is C=C[C@H](OCOC)[C@H](C)/C=C\C(=O)OC. The number of rotatable bonds is 7. The highest BCUT2D eigenvalue weighted by Gasteiger charge is 2.11. The number of carbonyl (C=O) groups is 1. The molecule has 15 heavy (non-hydrogen) atoms. The summed E-state index contributed by atoms with van der Waals surface area (Å²) >= 11 is 0. The average molecular weight is 214 g/mol. The molecule has 0 N–H and O–H groups in total. The van der Waals surface area contributed by atoms with Crippen molar-refractivity contribution in [1.82, 2.24) is 0 Å². The Labute approximate surface area is 90.5 Å². The fourth-order valence-corrected chi connectivity index (χ4v) is 0.989. The van der Waals surface area contributed by atoms with Gasteiger partial charge in [-0.05, 0) is 0 Å². The zero-order valence-corrected chi connectivity index (χ0v) is 9.43. The molecule has 0 saturated carbocycles. The minimum Gasteiger partial charge on any atom is -0.466 e. The Morgan fingerprint density at radius 3 is 2.60 bits per heavy atom. The van der Waals surface area contributed by atoms with Gasteiger partial charge >= 0.3 is 5.97 Å². The number of carbonyl (C=O) groups excluding carboxylic acids is 1. The maximum Gasteiger partial charge on any atom is 0.330 e. The van der Waals surface area contributed by atoms with E-state index in [1.54, 1.807) is 19.3 Å². The van der Waals surface area contributed by atoms with Gasteiger partial charge < -0.3 is 14.2 Å². The minimum absolute atomic E-state index is 0.0387. The van der Waals surface area contributed by atoms with Crippen LogP contribution in [0.4, 0.5) is 0 Å². The van der Waals surface area contributed by atoms with Crippen molar-refractivity contribution < 1.29 is 19.0 Å². The first-order valence-corrected chi connectivity index (χ1v) is 4.65. The van der Waals surface area contributed by atoms with Gasteiger partial charge in [0, 0.05) is 19.1 Å². The van der Waals surface area contributed by atoms with E-state index in [0.29, 0.717) is 0 Å². The van der Waals surface area contributed by atoms with Crippen LogP contribution in [0.5, 0.6) is 0 Å². The lowest BCUT2D eigenvalue weighted by Gasteiger charge is -2.17. The standard InChI is InChI=1S/C11H18O4/c1-5-10(15-8-13-3)9(2)6-7-11(12)14-4/h5-7,9-10H,1,8H2,2-4H3/b7-6-/t9-,10+/m1/s1. The summed E-state index contributed by atoms with van der Waals surface area (Å²) in [5.74, 6) is -0.340. The van der Waals surface area contributed by atoms with Crippen LogP contribution in [-0.4, -0.2) is 33.1 Å². The van der Waals surface area contributed by atoms with Gasteiger partial charge in [0.25, 0.3) is 0 Å². The van der Waals surface area contributed by atoms with E-state index >= 15 is 0 Å². The van der Waals surface area contributed by atoms with Crippen molar-refractivity contribution in [1.29, 1.82) is 0 Å². The third-order valence-corrected chi connectivity index (χ3v) is 1.87. The van der Waals surface area contributed by atoms with E-state index < -0.39 is 0 Å². The van der Waals surface area contributed by atoms with E-state index in [1.165, 1.54) is 13.2 Å². The Kier molecular flexibility index (Phi) is 7.58. The smallest absolute Gasteiger partial charge is 0.330 e. The molecular formula is C11H18O4. The summed E-state index contributed by atoms with van der Waals surface area (Å²) in [4.78, 5) is 10.8. The molecule has 0 aliphatic carbocycles. The first-order valence-electron chi connectivity index (χ1n) is 4.65. The highest BCUT2D eigenvalue weighted by atomic mass is 16.7. The molecule has 0 heterocycles. The van der Waals surface area contributed by atoms with Crippen molar-refractivity contribution in [2.24, 2.45) is 5.92 Å². The van der Waals surface area contributed by atoms with E-state index in [2.05, 4.69) is 11.3 Å². The van der Waals surface area contributed by atoms with Crippen LogP contribution >= 0.6 is 0 Å². The number of methoxy groups -OCH3 is 2. The van der Waals surface area contributed by atoms with Gasteiger partial charge in [-0.3, -0.25) is 0 Å². The molecule has 0 aliphatic rings. The van der Waals surface area contributed by atoms with E-state index in [1.807, 2.05) is 6.92 Å². The van der Waals surface area contributed by atoms with Crippen LogP contribution in [-0.2, 0) is 19.0 Å². The third-order valence-electron chi connectivity index (χ3n) is 1.87. The zero-order valence-electron chi connectivity index (χ0n) is 9.43. The average Bonchev–Trinajstić information content (AvgIpc) is 2.26. The number of hydrogen-bond acceptors (Lipinski definition) is 4. The molecule has 4 nitrogen and oxygen atoms in total. The molecule has 4 heteroatoms. The number of esters is 1. The van der Waals surface area contributed by atoms with Gasteiger partial charge in [-0.25, -0.2) is 4.79 Å². The summed E-state index contributed by atoms with van der Waals surface area (Å²) in [5.41, 5.74) is 0.